The van der Waals surface area contributed by atoms with Crippen LogP contribution in [-0.2, 0) is 0 Å². The van der Waals surface area contributed by atoms with Gasteiger partial charge in [0.1, 0.15) is 11.3 Å². The highest BCUT2D eigenvalue weighted by atomic mass is 16.3. The van der Waals surface area contributed by atoms with E-state index in [1.807, 2.05) is 30.3 Å². The van der Waals surface area contributed by atoms with Gasteiger partial charge in [-0.3, -0.25) is 0 Å². The molecule has 0 fully saturated rings. The molecule has 2 nitrogen and oxygen atoms in total. The Morgan fingerprint density at radius 3 is 2.32 bits per heavy atom. The number of rotatable bonds is 2. The van der Waals surface area contributed by atoms with Gasteiger partial charge in [-0.2, -0.15) is 0 Å². The molecule has 3 rings (SSSR count). The third-order valence-electron chi connectivity index (χ3n) is 3.35. The molecule has 0 aliphatic heterocycles. The first-order chi connectivity index (χ1) is 9.13. The van der Waals surface area contributed by atoms with Crippen molar-refractivity contribution in [2.75, 3.05) is 0 Å². The molecular weight excluding hydrogens is 234 g/mol. The maximum atomic E-state index is 6.32. The average molecular weight is 251 g/mol. The molecule has 0 aliphatic carbocycles. The van der Waals surface area contributed by atoms with Crippen molar-refractivity contribution in [2.45, 2.75) is 19.9 Å². The molecule has 1 unspecified atom stereocenters. The predicted molar refractivity (Wildman–Crippen MR) is 78.2 cm³/mol. The molecule has 1 heterocycles. The summed E-state index contributed by atoms with van der Waals surface area (Å²) >= 11 is 0. The normalized spacial score (nSPS) is 12.8. The Hall–Kier alpha value is -2.06. The van der Waals surface area contributed by atoms with E-state index in [1.165, 1.54) is 11.1 Å². The lowest BCUT2D eigenvalue weighted by molar-refractivity contribution is 0.525. The maximum Gasteiger partial charge on any atom is 0.134 e. The monoisotopic (exact) mass is 251 g/mol. The first kappa shape index (κ1) is 12.0. The molecule has 2 aromatic carbocycles. The van der Waals surface area contributed by atoms with Gasteiger partial charge >= 0.3 is 0 Å². The van der Waals surface area contributed by atoms with Gasteiger partial charge in [-0.25, -0.2) is 0 Å². The van der Waals surface area contributed by atoms with Crippen molar-refractivity contribution in [3.05, 3.63) is 71.0 Å². The molecule has 1 aromatic heterocycles. The summed E-state index contributed by atoms with van der Waals surface area (Å²) in [6.07, 6.45) is 0. The lowest BCUT2D eigenvalue weighted by atomic mass is 10.0. The fraction of sp³-hybridized carbons (Fsp3) is 0.176. The van der Waals surface area contributed by atoms with Crippen LogP contribution < -0.4 is 5.73 Å². The average Bonchev–Trinajstić information content (AvgIpc) is 2.80. The van der Waals surface area contributed by atoms with Gasteiger partial charge < -0.3 is 10.2 Å². The molecule has 2 N–H and O–H groups in total. The van der Waals surface area contributed by atoms with Gasteiger partial charge in [0, 0.05) is 5.39 Å². The Balaban J connectivity index is 2.05. The van der Waals surface area contributed by atoms with E-state index in [-0.39, 0.29) is 6.04 Å². The maximum absolute atomic E-state index is 6.32. The van der Waals surface area contributed by atoms with Crippen molar-refractivity contribution in [1.29, 1.82) is 0 Å². The second kappa shape index (κ2) is 4.56. The zero-order valence-corrected chi connectivity index (χ0v) is 11.2. The quantitative estimate of drug-likeness (QED) is 0.744. The minimum absolute atomic E-state index is 0.217. The van der Waals surface area contributed by atoms with E-state index >= 15 is 0 Å². The van der Waals surface area contributed by atoms with Crippen molar-refractivity contribution >= 4 is 11.0 Å². The van der Waals surface area contributed by atoms with E-state index in [0.29, 0.717) is 0 Å². The molecule has 96 valence electrons. The van der Waals surface area contributed by atoms with Crippen molar-refractivity contribution < 1.29 is 4.42 Å². The van der Waals surface area contributed by atoms with Crippen LogP contribution in [0.3, 0.4) is 0 Å². The topological polar surface area (TPSA) is 39.2 Å². The highest BCUT2D eigenvalue weighted by Gasteiger charge is 2.14. The summed E-state index contributed by atoms with van der Waals surface area (Å²) in [6, 6.07) is 16.2. The molecule has 0 saturated heterocycles. The molecule has 2 heteroatoms. The Bertz CT molecular complexity index is 674. The molecule has 0 aliphatic rings. The number of furan rings is 1. The predicted octanol–water partition coefficient (Wildman–Crippen LogP) is 4.10. The molecule has 1 atom stereocenters. The van der Waals surface area contributed by atoms with Gasteiger partial charge in [-0.1, -0.05) is 47.5 Å². The summed E-state index contributed by atoms with van der Waals surface area (Å²) in [4.78, 5) is 0. The third-order valence-corrected chi connectivity index (χ3v) is 3.35. The first-order valence-corrected chi connectivity index (χ1v) is 6.46. The SMILES string of the molecule is Cc1cc(C)cc(C(N)c2cc3ccccc3o2)c1. The molecule has 0 saturated carbocycles. The Kier molecular flexibility index (Phi) is 2.88. The minimum Gasteiger partial charge on any atom is -0.459 e. The van der Waals surface area contributed by atoms with Gasteiger partial charge in [-0.05, 0) is 31.5 Å². The summed E-state index contributed by atoms with van der Waals surface area (Å²) < 4.78 is 5.84. The molecule has 0 bridgehead atoms. The van der Waals surface area contributed by atoms with Crippen LogP contribution in [0.15, 0.2) is 52.9 Å². The Morgan fingerprint density at radius 1 is 0.947 bits per heavy atom. The second-order valence-electron chi connectivity index (χ2n) is 5.09. The largest absolute Gasteiger partial charge is 0.459 e. The van der Waals surface area contributed by atoms with Crippen LogP contribution in [0.5, 0.6) is 0 Å². The molecule has 3 aromatic rings. The molecular formula is C17H17NO. The zero-order valence-electron chi connectivity index (χ0n) is 11.2. The van der Waals surface area contributed by atoms with Crippen LogP contribution in [0.25, 0.3) is 11.0 Å². The first-order valence-electron chi connectivity index (χ1n) is 6.46. The molecule has 0 amide bonds. The Morgan fingerprint density at radius 2 is 1.63 bits per heavy atom. The smallest absolute Gasteiger partial charge is 0.134 e. The summed E-state index contributed by atoms with van der Waals surface area (Å²) in [6.45, 7) is 4.17. The number of hydrogen-bond acceptors (Lipinski definition) is 2. The standard InChI is InChI=1S/C17H17NO/c1-11-7-12(2)9-14(8-11)17(18)16-10-13-5-3-4-6-15(13)19-16/h3-10,17H,18H2,1-2H3. The van der Waals surface area contributed by atoms with Crippen molar-refractivity contribution in [3.8, 4) is 0 Å². The van der Waals surface area contributed by atoms with Crippen LogP contribution in [0.4, 0.5) is 0 Å². The number of benzene rings is 2. The highest BCUT2D eigenvalue weighted by Crippen LogP contribution is 2.27. The van der Waals surface area contributed by atoms with E-state index in [0.717, 1.165) is 22.3 Å². The number of nitrogens with two attached hydrogens (primary N) is 1. The van der Waals surface area contributed by atoms with Crippen LogP contribution in [0.1, 0.15) is 28.5 Å². The van der Waals surface area contributed by atoms with Crippen LogP contribution in [0, 0.1) is 13.8 Å². The van der Waals surface area contributed by atoms with Crippen molar-refractivity contribution in [3.63, 3.8) is 0 Å². The Labute approximate surface area is 112 Å². The summed E-state index contributed by atoms with van der Waals surface area (Å²) in [5.74, 6) is 0.811. The van der Waals surface area contributed by atoms with E-state index in [2.05, 4.69) is 32.0 Å². The summed E-state index contributed by atoms with van der Waals surface area (Å²) in [5.41, 5.74) is 10.8. The lowest BCUT2D eigenvalue weighted by Gasteiger charge is -2.11. The number of fused-ring (bicyclic) bond motifs is 1. The van der Waals surface area contributed by atoms with Gasteiger partial charge in [0.2, 0.25) is 0 Å². The lowest BCUT2D eigenvalue weighted by Crippen LogP contribution is -2.11. The number of aryl methyl sites for hydroxylation is 2. The molecule has 19 heavy (non-hydrogen) atoms. The van der Waals surface area contributed by atoms with Crippen molar-refractivity contribution in [2.24, 2.45) is 5.73 Å². The van der Waals surface area contributed by atoms with Crippen LogP contribution >= 0.6 is 0 Å². The number of hydrogen-bond donors (Lipinski definition) is 1. The van der Waals surface area contributed by atoms with Gasteiger partial charge in [0.05, 0.1) is 6.04 Å². The molecule has 0 radical (unpaired) electrons. The van der Waals surface area contributed by atoms with Crippen LogP contribution in [-0.4, -0.2) is 0 Å². The second-order valence-corrected chi connectivity index (χ2v) is 5.09. The van der Waals surface area contributed by atoms with Gasteiger partial charge in [0.15, 0.2) is 0 Å². The summed E-state index contributed by atoms with van der Waals surface area (Å²) in [5, 5.41) is 1.09. The third kappa shape index (κ3) is 2.27. The van der Waals surface area contributed by atoms with E-state index < -0.39 is 0 Å². The fourth-order valence-electron chi connectivity index (χ4n) is 2.51. The minimum atomic E-state index is -0.217. The highest BCUT2D eigenvalue weighted by molar-refractivity contribution is 5.77. The fourth-order valence-corrected chi connectivity index (χ4v) is 2.51. The molecule has 0 spiro atoms. The zero-order chi connectivity index (χ0) is 13.4. The number of para-hydroxylation sites is 1. The van der Waals surface area contributed by atoms with Gasteiger partial charge in [-0.15, -0.1) is 0 Å². The van der Waals surface area contributed by atoms with E-state index in [1.54, 1.807) is 0 Å². The van der Waals surface area contributed by atoms with Crippen molar-refractivity contribution in [1.82, 2.24) is 0 Å². The summed E-state index contributed by atoms with van der Waals surface area (Å²) in [7, 11) is 0. The van der Waals surface area contributed by atoms with Crippen LogP contribution in [0.2, 0.25) is 0 Å². The van der Waals surface area contributed by atoms with E-state index in [4.69, 9.17) is 10.2 Å². The van der Waals surface area contributed by atoms with Gasteiger partial charge in [0.25, 0.3) is 0 Å². The van der Waals surface area contributed by atoms with E-state index in [9.17, 15) is 0 Å².